The first kappa shape index (κ1) is 14.7. The van der Waals surface area contributed by atoms with Crippen LogP contribution in [0.2, 0.25) is 0 Å². The summed E-state index contributed by atoms with van der Waals surface area (Å²) in [6.45, 7) is 3.83. The summed E-state index contributed by atoms with van der Waals surface area (Å²) in [5.41, 5.74) is 4.78. The van der Waals surface area contributed by atoms with Crippen LogP contribution >= 0.6 is 11.3 Å². The zero-order valence-corrected chi connectivity index (χ0v) is 12.5. The molecule has 0 bridgehead atoms. The minimum atomic E-state index is -0.234. The lowest BCUT2D eigenvalue weighted by Gasteiger charge is -2.17. The van der Waals surface area contributed by atoms with E-state index >= 15 is 0 Å². The normalized spacial score (nSPS) is 10.8. The minimum absolute atomic E-state index is 0.234. The van der Waals surface area contributed by atoms with Gasteiger partial charge in [-0.15, -0.1) is 11.3 Å². The van der Waals surface area contributed by atoms with Crippen LogP contribution < -0.4 is 11.3 Å². The van der Waals surface area contributed by atoms with E-state index in [1.54, 1.807) is 0 Å². The first-order chi connectivity index (χ1) is 9.60. The fraction of sp³-hybridized carbons (Fsp3) is 0.267. The Morgan fingerprint density at radius 2 is 2.00 bits per heavy atom. The predicted molar refractivity (Wildman–Crippen MR) is 82.3 cm³/mol. The van der Waals surface area contributed by atoms with Gasteiger partial charge in [-0.25, -0.2) is 5.84 Å². The molecule has 3 N–H and O–H groups in total. The molecule has 1 heterocycles. The van der Waals surface area contributed by atoms with Gasteiger partial charge in [-0.05, 0) is 37.2 Å². The molecular formula is C15H19N3OS. The Bertz CT molecular complexity index is 594. The van der Waals surface area contributed by atoms with Crippen molar-refractivity contribution in [2.24, 2.45) is 5.84 Å². The van der Waals surface area contributed by atoms with E-state index in [1.165, 1.54) is 22.5 Å². The van der Waals surface area contributed by atoms with Crippen molar-refractivity contribution in [1.82, 2.24) is 10.3 Å². The van der Waals surface area contributed by atoms with Crippen LogP contribution in [0.15, 0.2) is 36.4 Å². The third kappa shape index (κ3) is 3.66. The van der Waals surface area contributed by atoms with Gasteiger partial charge < -0.3 is 0 Å². The number of carbonyl (C=O) groups is 1. The number of benzene rings is 1. The van der Waals surface area contributed by atoms with Crippen LogP contribution in [0.5, 0.6) is 0 Å². The number of nitrogens with two attached hydrogens (primary N) is 1. The average Bonchev–Trinajstić information content (AvgIpc) is 2.89. The molecule has 4 nitrogen and oxygen atoms in total. The first-order valence-corrected chi connectivity index (χ1v) is 7.24. The third-order valence-corrected chi connectivity index (χ3v) is 4.21. The van der Waals surface area contributed by atoms with E-state index in [1.807, 2.05) is 12.1 Å². The van der Waals surface area contributed by atoms with Crippen molar-refractivity contribution in [2.45, 2.75) is 20.0 Å². The number of nitrogen functional groups attached to an aromatic ring is 1. The summed E-state index contributed by atoms with van der Waals surface area (Å²) in [6.07, 6.45) is 0. The molecule has 0 spiro atoms. The lowest BCUT2D eigenvalue weighted by molar-refractivity contribution is 0.0957. The molecule has 20 heavy (non-hydrogen) atoms. The molecule has 0 saturated heterocycles. The van der Waals surface area contributed by atoms with Crippen molar-refractivity contribution < 1.29 is 4.79 Å². The topological polar surface area (TPSA) is 58.4 Å². The quantitative estimate of drug-likeness (QED) is 0.504. The molecule has 0 aliphatic carbocycles. The molecule has 2 rings (SSSR count). The van der Waals surface area contributed by atoms with Gasteiger partial charge in [-0.3, -0.25) is 15.1 Å². The van der Waals surface area contributed by atoms with E-state index < -0.39 is 0 Å². The smallest absolute Gasteiger partial charge is 0.275 e. The summed E-state index contributed by atoms with van der Waals surface area (Å²) < 4.78 is 0. The molecule has 0 unspecified atom stereocenters. The zero-order valence-electron chi connectivity index (χ0n) is 11.7. The number of thiophene rings is 1. The highest BCUT2D eigenvalue weighted by Gasteiger charge is 2.09. The summed E-state index contributed by atoms with van der Waals surface area (Å²) in [5.74, 6) is 4.90. The van der Waals surface area contributed by atoms with E-state index in [0.717, 1.165) is 18.0 Å². The number of hydrogen-bond donors (Lipinski definition) is 2. The van der Waals surface area contributed by atoms with Crippen molar-refractivity contribution in [2.75, 3.05) is 7.05 Å². The van der Waals surface area contributed by atoms with E-state index in [4.69, 9.17) is 5.84 Å². The van der Waals surface area contributed by atoms with Crippen LogP contribution in [0.4, 0.5) is 0 Å². The van der Waals surface area contributed by atoms with Crippen LogP contribution in [0, 0.1) is 6.92 Å². The molecule has 0 aliphatic heterocycles. The van der Waals surface area contributed by atoms with Gasteiger partial charge >= 0.3 is 0 Å². The summed E-state index contributed by atoms with van der Waals surface area (Å²) in [5, 5.41) is 0. The maximum Gasteiger partial charge on any atom is 0.275 e. The molecule has 0 aliphatic rings. The van der Waals surface area contributed by atoms with Crippen LogP contribution in [0.3, 0.4) is 0 Å². The molecule has 5 heteroatoms. The Morgan fingerprint density at radius 1 is 1.25 bits per heavy atom. The van der Waals surface area contributed by atoms with E-state index in [2.05, 4.69) is 48.6 Å². The lowest BCUT2D eigenvalue weighted by atomic mass is 10.1. The summed E-state index contributed by atoms with van der Waals surface area (Å²) in [4.78, 5) is 15.4. The minimum Gasteiger partial charge on any atom is -0.297 e. The Labute approximate surface area is 123 Å². The SMILES string of the molecule is Cc1ccccc1CN(C)Cc1ccc(C(=O)NN)s1. The van der Waals surface area contributed by atoms with Gasteiger partial charge in [-0.2, -0.15) is 0 Å². The molecule has 1 amide bonds. The van der Waals surface area contributed by atoms with Crippen LogP contribution in [-0.4, -0.2) is 17.9 Å². The van der Waals surface area contributed by atoms with Crippen molar-refractivity contribution in [3.63, 3.8) is 0 Å². The molecular weight excluding hydrogens is 270 g/mol. The van der Waals surface area contributed by atoms with Crippen molar-refractivity contribution in [3.8, 4) is 0 Å². The second-order valence-corrected chi connectivity index (χ2v) is 6.01. The number of nitrogens with zero attached hydrogens (tertiary/aromatic N) is 1. The number of aryl methyl sites for hydroxylation is 1. The van der Waals surface area contributed by atoms with Crippen molar-refractivity contribution in [3.05, 3.63) is 57.3 Å². The summed E-state index contributed by atoms with van der Waals surface area (Å²) in [7, 11) is 2.08. The van der Waals surface area contributed by atoms with Crippen molar-refractivity contribution >= 4 is 17.2 Å². The fourth-order valence-electron chi connectivity index (χ4n) is 2.06. The number of nitrogens with one attached hydrogen (secondary N) is 1. The Kier molecular flexibility index (Phi) is 4.89. The molecule has 106 valence electrons. The maximum atomic E-state index is 11.4. The highest BCUT2D eigenvalue weighted by atomic mass is 32.1. The molecule has 2 aromatic rings. The van der Waals surface area contributed by atoms with E-state index in [-0.39, 0.29) is 5.91 Å². The van der Waals surface area contributed by atoms with Gasteiger partial charge in [0.25, 0.3) is 5.91 Å². The van der Waals surface area contributed by atoms with Gasteiger partial charge in [0, 0.05) is 18.0 Å². The molecule has 0 radical (unpaired) electrons. The fourth-order valence-corrected chi connectivity index (χ4v) is 3.05. The zero-order chi connectivity index (χ0) is 14.5. The predicted octanol–water partition coefficient (Wildman–Crippen LogP) is 2.29. The monoisotopic (exact) mass is 289 g/mol. The molecule has 1 aromatic heterocycles. The number of amides is 1. The van der Waals surface area contributed by atoms with Gasteiger partial charge in [0.05, 0.1) is 4.88 Å². The Morgan fingerprint density at radius 3 is 2.70 bits per heavy atom. The summed E-state index contributed by atoms with van der Waals surface area (Å²) in [6, 6.07) is 12.2. The third-order valence-electron chi connectivity index (χ3n) is 3.14. The first-order valence-electron chi connectivity index (χ1n) is 6.43. The number of hydrogen-bond acceptors (Lipinski definition) is 4. The molecule has 1 aromatic carbocycles. The second-order valence-electron chi connectivity index (χ2n) is 4.84. The Balaban J connectivity index is 1.98. The number of carbonyl (C=O) groups excluding carboxylic acids is 1. The van der Waals surface area contributed by atoms with E-state index in [9.17, 15) is 4.79 Å². The van der Waals surface area contributed by atoms with E-state index in [0.29, 0.717) is 4.88 Å². The molecule has 0 fully saturated rings. The number of hydrazine groups is 1. The van der Waals surface area contributed by atoms with Gasteiger partial charge in [0.1, 0.15) is 0 Å². The highest BCUT2D eigenvalue weighted by molar-refractivity contribution is 7.14. The standard InChI is InChI=1S/C15H19N3OS/c1-11-5-3-4-6-12(11)9-18(2)10-13-7-8-14(20-13)15(19)17-16/h3-8H,9-10,16H2,1-2H3,(H,17,19). The molecule has 0 saturated carbocycles. The number of rotatable bonds is 5. The maximum absolute atomic E-state index is 11.4. The van der Waals surface area contributed by atoms with Gasteiger partial charge in [0.15, 0.2) is 0 Å². The van der Waals surface area contributed by atoms with Gasteiger partial charge in [0.2, 0.25) is 0 Å². The van der Waals surface area contributed by atoms with Gasteiger partial charge in [-0.1, -0.05) is 24.3 Å². The van der Waals surface area contributed by atoms with Crippen molar-refractivity contribution in [1.29, 1.82) is 0 Å². The molecule has 0 atom stereocenters. The Hall–Kier alpha value is -1.69. The lowest BCUT2D eigenvalue weighted by Crippen LogP contribution is -2.29. The van der Waals surface area contributed by atoms with Crippen LogP contribution in [0.1, 0.15) is 25.7 Å². The largest absolute Gasteiger partial charge is 0.297 e. The average molecular weight is 289 g/mol. The summed E-state index contributed by atoms with van der Waals surface area (Å²) >= 11 is 1.47. The van der Waals surface area contributed by atoms with Crippen LogP contribution in [-0.2, 0) is 13.1 Å². The second kappa shape index (κ2) is 6.65. The van der Waals surface area contributed by atoms with Crippen LogP contribution in [0.25, 0.3) is 0 Å². The highest BCUT2D eigenvalue weighted by Crippen LogP contribution is 2.19.